The molecule has 0 aliphatic rings. The number of hydrogen-bond donors (Lipinski definition) is 3. The van der Waals surface area contributed by atoms with Crippen molar-refractivity contribution in [1.82, 2.24) is 5.32 Å². The topological polar surface area (TPSA) is 67.2 Å². The minimum atomic E-state index is -0.313. The summed E-state index contributed by atoms with van der Waals surface area (Å²) in [5, 5.41) is 6.05. The fourth-order valence-corrected chi connectivity index (χ4v) is 2.27. The molecule has 110 valence electrons. The molecule has 0 fully saturated rings. The number of carbonyl (C=O) groups is 1. The van der Waals surface area contributed by atoms with Crippen molar-refractivity contribution in [2.24, 2.45) is 0 Å². The van der Waals surface area contributed by atoms with Gasteiger partial charge in [0.2, 0.25) is 0 Å². The Morgan fingerprint density at radius 3 is 2.52 bits per heavy atom. The van der Waals surface area contributed by atoms with E-state index in [1.807, 2.05) is 32.0 Å². The van der Waals surface area contributed by atoms with Crippen molar-refractivity contribution in [2.75, 3.05) is 11.1 Å². The number of aryl methyl sites for hydroxylation is 2. The van der Waals surface area contributed by atoms with Gasteiger partial charge in [-0.3, -0.25) is 0 Å². The number of anilines is 2. The van der Waals surface area contributed by atoms with Crippen LogP contribution in [-0.4, -0.2) is 6.03 Å². The van der Waals surface area contributed by atoms with Crippen molar-refractivity contribution in [3.8, 4) is 0 Å². The molecule has 2 aromatic carbocycles. The van der Waals surface area contributed by atoms with Gasteiger partial charge in [0.15, 0.2) is 0 Å². The average Bonchev–Trinajstić information content (AvgIpc) is 2.42. The molecule has 0 unspecified atom stereocenters. The number of halogens is 1. The Bertz CT molecular complexity index is 650. The van der Waals surface area contributed by atoms with Gasteiger partial charge in [0.25, 0.3) is 0 Å². The van der Waals surface area contributed by atoms with Crippen molar-refractivity contribution in [3.05, 3.63) is 58.1 Å². The molecule has 0 aromatic heterocycles. The minimum Gasteiger partial charge on any atom is -0.397 e. The first kappa shape index (κ1) is 15.2. The van der Waals surface area contributed by atoms with Crippen molar-refractivity contribution in [1.29, 1.82) is 0 Å². The molecule has 0 aliphatic carbocycles. The summed E-state index contributed by atoms with van der Waals surface area (Å²) >= 11 is 5.89. The van der Waals surface area contributed by atoms with Crippen LogP contribution in [0.25, 0.3) is 0 Å². The van der Waals surface area contributed by atoms with E-state index < -0.39 is 0 Å². The summed E-state index contributed by atoms with van der Waals surface area (Å²) in [7, 11) is 0. The molecule has 0 saturated heterocycles. The zero-order valence-electron chi connectivity index (χ0n) is 12.0. The van der Waals surface area contributed by atoms with Crippen LogP contribution in [0.5, 0.6) is 0 Å². The predicted molar refractivity (Wildman–Crippen MR) is 87.6 cm³/mol. The standard InChI is InChI=1S/C16H18ClN3O/c1-10-4-3-5-11(2)13(10)9-19-16(21)20-15-8-12(17)6-7-14(15)18/h3-8H,9,18H2,1-2H3,(H2,19,20,21). The summed E-state index contributed by atoms with van der Waals surface area (Å²) in [6.07, 6.45) is 0. The van der Waals surface area contributed by atoms with Crippen LogP contribution in [-0.2, 0) is 6.54 Å². The van der Waals surface area contributed by atoms with Crippen LogP contribution in [0.15, 0.2) is 36.4 Å². The molecule has 0 aliphatic heterocycles. The van der Waals surface area contributed by atoms with Crippen LogP contribution < -0.4 is 16.4 Å². The predicted octanol–water partition coefficient (Wildman–Crippen LogP) is 3.86. The van der Waals surface area contributed by atoms with E-state index in [4.69, 9.17) is 17.3 Å². The molecular weight excluding hydrogens is 286 g/mol. The number of benzene rings is 2. The van der Waals surface area contributed by atoms with Gasteiger partial charge in [-0.2, -0.15) is 0 Å². The Morgan fingerprint density at radius 2 is 1.86 bits per heavy atom. The number of nitrogens with one attached hydrogen (secondary N) is 2. The number of nitrogen functional groups attached to an aromatic ring is 1. The molecular formula is C16H18ClN3O. The Balaban J connectivity index is 2.01. The molecule has 0 saturated carbocycles. The largest absolute Gasteiger partial charge is 0.397 e. The van der Waals surface area contributed by atoms with Crippen molar-refractivity contribution in [2.45, 2.75) is 20.4 Å². The minimum absolute atomic E-state index is 0.313. The van der Waals surface area contributed by atoms with Gasteiger partial charge in [-0.15, -0.1) is 0 Å². The van der Waals surface area contributed by atoms with Gasteiger partial charge in [0, 0.05) is 11.6 Å². The Hall–Kier alpha value is -2.20. The highest BCUT2D eigenvalue weighted by Gasteiger charge is 2.07. The third kappa shape index (κ3) is 3.89. The highest BCUT2D eigenvalue weighted by atomic mass is 35.5. The molecule has 0 spiro atoms. The quantitative estimate of drug-likeness (QED) is 0.754. The summed E-state index contributed by atoms with van der Waals surface area (Å²) in [4.78, 5) is 12.0. The van der Waals surface area contributed by atoms with Crippen LogP contribution in [0.3, 0.4) is 0 Å². The van der Waals surface area contributed by atoms with Crippen molar-refractivity contribution < 1.29 is 4.79 Å². The van der Waals surface area contributed by atoms with E-state index in [9.17, 15) is 4.79 Å². The van der Waals surface area contributed by atoms with Gasteiger partial charge >= 0.3 is 6.03 Å². The van der Waals surface area contributed by atoms with E-state index >= 15 is 0 Å². The van der Waals surface area contributed by atoms with Gasteiger partial charge in [0.05, 0.1) is 11.4 Å². The fraction of sp³-hybridized carbons (Fsp3) is 0.188. The molecule has 4 N–H and O–H groups in total. The molecule has 4 nitrogen and oxygen atoms in total. The first-order chi connectivity index (χ1) is 9.97. The number of hydrogen-bond acceptors (Lipinski definition) is 2. The molecule has 0 atom stereocenters. The van der Waals surface area contributed by atoms with Crippen molar-refractivity contribution >= 4 is 29.0 Å². The van der Waals surface area contributed by atoms with E-state index in [0.29, 0.717) is 22.9 Å². The van der Waals surface area contributed by atoms with Crippen molar-refractivity contribution in [3.63, 3.8) is 0 Å². The van der Waals surface area contributed by atoms with Gasteiger partial charge in [0.1, 0.15) is 0 Å². The second-order valence-electron chi connectivity index (χ2n) is 4.91. The summed E-state index contributed by atoms with van der Waals surface area (Å²) in [5.74, 6) is 0. The summed E-state index contributed by atoms with van der Waals surface area (Å²) < 4.78 is 0. The lowest BCUT2D eigenvalue weighted by molar-refractivity contribution is 0.251. The highest BCUT2D eigenvalue weighted by Crippen LogP contribution is 2.22. The monoisotopic (exact) mass is 303 g/mol. The van der Waals surface area contributed by atoms with Crippen LogP contribution in [0.2, 0.25) is 5.02 Å². The van der Waals surface area contributed by atoms with Gasteiger partial charge in [-0.1, -0.05) is 29.8 Å². The third-order valence-electron chi connectivity index (χ3n) is 3.33. The van der Waals surface area contributed by atoms with Crippen LogP contribution in [0.1, 0.15) is 16.7 Å². The Labute approximate surface area is 129 Å². The second-order valence-corrected chi connectivity index (χ2v) is 5.35. The number of rotatable bonds is 3. The maximum absolute atomic E-state index is 12.0. The van der Waals surface area contributed by atoms with Gasteiger partial charge < -0.3 is 16.4 Å². The molecule has 2 amide bonds. The first-order valence-electron chi connectivity index (χ1n) is 6.62. The Kier molecular flexibility index (Phi) is 4.70. The molecule has 0 heterocycles. The molecule has 5 heteroatoms. The van der Waals surface area contributed by atoms with E-state index in [-0.39, 0.29) is 6.03 Å². The smallest absolute Gasteiger partial charge is 0.319 e. The van der Waals surface area contributed by atoms with E-state index in [0.717, 1.165) is 16.7 Å². The Morgan fingerprint density at radius 1 is 1.19 bits per heavy atom. The lowest BCUT2D eigenvalue weighted by Gasteiger charge is -2.13. The number of nitrogens with two attached hydrogens (primary N) is 1. The zero-order valence-corrected chi connectivity index (χ0v) is 12.8. The summed E-state index contributed by atoms with van der Waals surface area (Å²) in [6.45, 7) is 4.51. The third-order valence-corrected chi connectivity index (χ3v) is 3.57. The first-order valence-corrected chi connectivity index (χ1v) is 7.00. The van der Waals surface area contributed by atoms with Gasteiger partial charge in [-0.05, 0) is 48.7 Å². The molecule has 2 aromatic rings. The lowest BCUT2D eigenvalue weighted by atomic mass is 10.0. The van der Waals surface area contributed by atoms with Crippen LogP contribution in [0, 0.1) is 13.8 Å². The van der Waals surface area contributed by atoms with E-state index in [1.165, 1.54) is 0 Å². The van der Waals surface area contributed by atoms with Crippen LogP contribution in [0.4, 0.5) is 16.2 Å². The number of amides is 2. The molecule has 21 heavy (non-hydrogen) atoms. The lowest BCUT2D eigenvalue weighted by Crippen LogP contribution is -2.29. The number of carbonyl (C=O) groups excluding carboxylic acids is 1. The SMILES string of the molecule is Cc1cccc(C)c1CNC(=O)Nc1cc(Cl)ccc1N. The molecule has 2 rings (SSSR count). The molecule has 0 radical (unpaired) electrons. The van der Waals surface area contributed by atoms with Gasteiger partial charge in [-0.25, -0.2) is 4.79 Å². The fourth-order valence-electron chi connectivity index (χ4n) is 2.10. The second kappa shape index (κ2) is 6.50. The maximum atomic E-state index is 12.0. The van der Waals surface area contributed by atoms with E-state index in [2.05, 4.69) is 10.6 Å². The van der Waals surface area contributed by atoms with E-state index in [1.54, 1.807) is 18.2 Å². The average molecular weight is 304 g/mol. The molecule has 0 bridgehead atoms. The zero-order chi connectivity index (χ0) is 15.4. The van der Waals surface area contributed by atoms with Crippen LogP contribution >= 0.6 is 11.6 Å². The number of urea groups is 1. The summed E-state index contributed by atoms with van der Waals surface area (Å²) in [5.41, 5.74) is 10.2. The highest BCUT2D eigenvalue weighted by molar-refractivity contribution is 6.31. The summed E-state index contributed by atoms with van der Waals surface area (Å²) in [6, 6.07) is 10.7. The normalized spacial score (nSPS) is 10.2. The maximum Gasteiger partial charge on any atom is 0.319 e.